The molecule has 0 spiro atoms. The average molecular weight is 337 g/mol. The first-order valence-corrected chi connectivity index (χ1v) is 7.52. The number of aromatic amines is 1. The van der Waals surface area contributed by atoms with E-state index in [-0.39, 0.29) is 17.4 Å². The molecule has 0 atom stereocenters. The van der Waals surface area contributed by atoms with Gasteiger partial charge in [0.05, 0.1) is 18.4 Å². The van der Waals surface area contributed by atoms with Crippen LogP contribution in [0.2, 0.25) is 0 Å². The van der Waals surface area contributed by atoms with Crippen LogP contribution in [0.1, 0.15) is 26.5 Å². The first-order valence-electron chi connectivity index (χ1n) is 7.52. The van der Waals surface area contributed by atoms with Crippen molar-refractivity contribution in [2.24, 2.45) is 0 Å². The second kappa shape index (κ2) is 7.31. The minimum absolute atomic E-state index is 0.241. The van der Waals surface area contributed by atoms with Crippen molar-refractivity contribution in [1.29, 1.82) is 0 Å². The third-order valence-electron chi connectivity index (χ3n) is 3.45. The Morgan fingerprint density at radius 3 is 2.36 bits per heavy atom. The van der Waals surface area contributed by atoms with E-state index in [9.17, 15) is 14.4 Å². The highest BCUT2D eigenvalue weighted by atomic mass is 16.3. The number of H-pyrrole nitrogens is 1. The molecule has 0 radical (unpaired) electrons. The summed E-state index contributed by atoms with van der Waals surface area (Å²) in [4.78, 5) is 37.5. The van der Waals surface area contributed by atoms with Gasteiger partial charge in [0.2, 0.25) is 5.56 Å². The number of furan rings is 1. The van der Waals surface area contributed by atoms with Crippen molar-refractivity contribution in [1.82, 2.24) is 10.3 Å². The van der Waals surface area contributed by atoms with Crippen molar-refractivity contribution in [3.8, 4) is 0 Å². The van der Waals surface area contributed by atoms with E-state index >= 15 is 0 Å². The van der Waals surface area contributed by atoms with Crippen molar-refractivity contribution < 1.29 is 14.0 Å². The monoisotopic (exact) mass is 337 g/mol. The number of benzene rings is 1. The molecule has 0 aliphatic heterocycles. The van der Waals surface area contributed by atoms with Gasteiger partial charge in [0.15, 0.2) is 0 Å². The van der Waals surface area contributed by atoms with Crippen molar-refractivity contribution in [2.75, 3.05) is 5.32 Å². The molecule has 2 aromatic heterocycles. The van der Waals surface area contributed by atoms with E-state index in [4.69, 9.17) is 4.42 Å². The molecule has 1 aromatic carbocycles. The fourth-order valence-corrected chi connectivity index (χ4v) is 2.14. The van der Waals surface area contributed by atoms with E-state index in [1.165, 1.54) is 18.3 Å². The predicted octanol–water partition coefficient (Wildman–Crippen LogP) is 2.15. The molecule has 3 rings (SSSR count). The molecular formula is C18H15N3O4. The predicted molar refractivity (Wildman–Crippen MR) is 91.3 cm³/mol. The second-order valence-corrected chi connectivity index (χ2v) is 5.24. The van der Waals surface area contributed by atoms with Crippen LogP contribution >= 0.6 is 0 Å². The number of hydrogen-bond donors (Lipinski definition) is 3. The van der Waals surface area contributed by atoms with E-state index in [2.05, 4.69) is 15.6 Å². The quantitative estimate of drug-likeness (QED) is 0.663. The van der Waals surface area contributed by atoms with E-state index < -0.39 is 0 Å². The summed E-state index contributed by atoms with van der Waals surface area (Å²) in [5.74, 6) is 0.0688. The van der Waals surface area contributed by atoms with Crippen LogP contribution in [0.15, 0.2) is 70.2 Å². The summed E-state index contributed by atoms with van der Waals surface area (Å²) in [5.41, 5.74) is 1.06. The maximum absolute atomic E-state index is 12.1. The average Bonchev–Trinajstić information content (AvgIpc) is 3.14. The molecule has 0 unspecified atom stereocenters. The normalized spacial score (nSPS) is 10.2. The van der Waals surface area contributed by atoms with Crippen LogP contribution in [0.3, 0.4) is 0 Å². The number of carbonyl (C=O) groups is 2. The minimum atomic E-state index is -0.355. The highest BCUT2D eigenvalue weighted by molar-refractivity contribution is 6.04. The minimum Gasteiger partial charge on any atom is -0.467 e. The first-order chi connectivity index (χ1) is 12.1. The molecule has 0 saturated heterocycles. The Hall–Kier alpha value is -3.61. The lowest BCUT2D eigenvalue weighted by atomic mass is 10.2. The van der Waals surface area contributed by atoms with Crippen molar-refractivity contribution >= 4 is 17.5 Å². The Morgan fingerprint density at radius 2 is 1.72 bits per heavy atom. The van der Waals surface area contributed by atoms with Crippen LogP contribution in [0.4, 0.5) is 5.69 Å². The number of nitrogens with one attached hydrogen (secondary N) is 3. The topological polar surface area (TPSA) is 104 Å². The van der Waals surface area contributed by atoms with E-state index in [0.29, 0.717) is 29.1 Å². The summed E-state index contributed by atoms with van der Waals surface area (Å²) in [7, 11) is 0. The molecule has 25 heavy (non-hydrogen) atoms. The Kier molecular flexibility index (Phi) is 4.75. The zero-order valence-electron chi connectivity index (χ0n) is 13.1. The van der Waals surface area contributed by atoms with E-state index in [0.717, 1.165) is 0 Å². The summed E-state index contributed by atoms with van der Waals surface area (Å²) in [6.45, 7) is 0.302. The Balaban J connectivity index is 1.59. The summed E-state index contributed by atoms with van der Waals surface area (Å²) in [6, 6.07) is 12.7. The summed E-state index contributed by atoms with van der Waals surface area (Å²) < 4.78 is 5.15. The molecule has 2 heterocycles. The van der Waals surface area contributed by atoms with Gasteiger partial charge in [-0.25, -0.2) is 0 Å². The fourth-order valence-electron chi connectivity index (χ4n) is 2.14. The van der Waals surface area contributed by atoms with Gasteiger partial charge in [-0.2, -0.15) is 0 Å². The Morgan fingerprint density at radius 1 is 0.960 bits per heavy atom. The molecule has 0 aliphatic carbocycles. The number of anilines is 1. The van der Waals surface area contributed by atoms with E-state index in [1.54, 1.807) is 42.7 Å². The van der Waals surface area contributed by atoms with Gasteiger partial charge in [0, 0.05) is 23.5 Å². The lowest BCUT2D eigenvalue weighted by Gasteiger charge is -2.07. The third-order valence-corrected chi connectivity index (χ3v) is 3.45. The molecule has 7 heteroatoms. The molecule has 2 amide bonds. The lowest BCUT2D eigenvalue weighted by molar-refractivity contribution is 0.0947. The van der Waals surface area contributed by atoms with Gasteiger partial charge in [-0.1, -0.05) is 0 Å². The maximum atomic E-state index is 12.1. The number of carbonyl (C=O) groups excluding carboxylic acids is 2. The highest BCUT2D eigenvalue weighted by Crippen LogP contribution is 2.11. The largest absolute Gasteiger partial charge is 0.467 e. The molecule has 7 nitrogen and oxygen atoms in total. The number of hydrogen-bond acceptors (Lipinski definition) is 4. The molecular weight excluding hydrogens is 322 g/mol. The number of amides is 2. The zero-order chi connectivity index (χ0) is 17.6. The third kappa shape index (κ3) is 4.23. The number of pyridine rings is 1. The molecule has 0 saturated carbocycles. The molecule has 0 fully saturated rings. The van der Waals surface area contributed by atoms with Gasteiger partial charge in [-0.15, -0.1) is 0 Å². The van der Waals surface area contributed by atoms with Crippen molar-refractivity contribution in [2.45, 2.75) is 6.54 Å². The van der Waals surface area contributed by atoms with Gasteiger partial charge < -0.3 is 20.0 Å². The zero-order valence-corrected chi connectivity index (χ0v) is 13.1. The molecule has 0 bridgehead atoms. The lowest BCUT2D eigenvalue weighted by Crippen LogP contribution is -2.22. The standard InChI is InChI=1S/C18H15N3O4/c22-16-8-5-13(10-19-16)18(24)21-14-6-3-12(4-7-14)17(23)20-11-15-2-1-9-25-15/h1-10H,11H2,(H,19,22)(H,20,23)(H,21,24). The van der Waals surface area contributed by atoms with Crippen molar-refractivity contribution in [3.05, 3.63) is 88.2 Å². The fraction of sp³-hybridized carbons (Fsp3) is 0.0556. The smallest absolute Gasteiger partial charge is 0.257 e. The summed E-state index contributed by atoms with van der Waals surface area (Å²) in [5, 5.41) is 5.43. The van der Waals surface area contributed by atoms with Crippen LogP contribution in [-0.4, -0.2) is 16.8 Å². The molecule has 3 aromatic rings. The number of aromatic nitrogens is 1. The van der Waals surface area contributed by atoms with Crippen LogP contribution in [0.5, 0.6) is 0 Å². The van der Waals surface area contributed by atoms with Crippen molar-refractivity contribution in [3.63, 3.8) is 0 Å². The van der Waals surface area contributed by atoms with Crippen LogP contribution in [-0.2, 0) is 6.54 Å². The van der Waals surface area contributed by atoms with Crippen LogP contribution in [0, 0.1) is 0 Å². The highest BCUT2D eigenvalue weighted by Gasteiger charge is 2.09. The second-order valence-electron chi connectivity index (χ2n) is 5.24. The summed E-state index contributed by atoms with van der Waals surface area (Å²) in [6.07, 6.45) is 2.88. The Labute approximate surface area is 142 Å². The first kappa shape index (κ1) is 16.3. The Bertz CT molecular complexity index is 907. The summed E-state index contributed by atoms with van der Waals surface area (Å²) >= 11 is 0. The van der Waals surface area contributed by atoms with Crippen LogP contribution < -0.4 is 16.2 Å². The van der Waals surface area contributed by atoms with Gasteiger partial charge in [0.25, 0.3) is 11.8 Å². The van der Waals surface area contributed by atoms with Gasteiger partial charge in [0.1, 0.15) is 5.76 Å². The van der Waals surface area contributed by atoms with Gasteiger partial charge in [-0.05, 0) is 42.5 Å². The van der Waals surface area contributed by atoms with Gasteiger partial charge in [-0.3, -0.25) is 14.4 Å². The molecule has 0 aliphatic rings. The molecule has 126 valence electrons. The number of rotatable bonds is 5. The molecule has 3 N–H and O–H groups in total. The van der Waals surface area contributed by atoms with E-state index in [1.807, 2.05) is 0 Å². The maximum Gasteiger partial charge on any atom is 0.257 e. The van der Waals surface area contributed by atoms with Gasteiger partial charge >= 0.3 is 0 Å². The SMILES string of the molecule is O=C(NCc1ccco1)c1ccc(NC(=O)c2ccc(=O)[nH]c2)cc1. The van der Waals surface area contributed by atoms with Crippen LogP contribution in [0.25, 0.3) is 0 Å².